The van der Waals surface area contributed by atoms with Gasteiger partial charge in [-0.15, -0.1) is 0 Å². The van der Waals surface area contributed by atoms with Crippen LogP contribution < -0.4 is 10.6 Å². The van der Waals surface area contributed by atoms with E-state index in [-0.39, 0.29) is 6.04 Å². The average molecular weight is 278 g/mol. The monoisotopic (exact) mass is 278 g/mol. The van der Waals surface area contributed by atoms with E-state index >= 15 is 0 Å². The Balaban J connectivity index is 1.85. The Morgan fingerprint density at radius 2 is 1.86 bits per heavy atom. The van der Waals surface area contributed by atoms with Crippen molar-refractivity contribution in [1.82, 2.24) is 0 Å². The van der Waals surface area contributed by atoms with E-state index in [1.54, 1.807) is 0 Å². The maximum atomic E-state index is 6.04. The van der Waals surface area contributed by atoms with E-state index in [0.29, 0.717) is 12.6 Å². The fraction of sp³-hybridized carbons (Fsp3) is 0.263. The van der Waals surface area contributed by atoms with Crippen LogP contribution in [0.5, 0.6) is 0 Å². The molecule has 1 aliphatic rings. The summed E-state index contributed by atoms with van der Waals surface area (Å²) < 4.78 is 0. The molecule has 2 heteroatoms. The number of hydrogen-bond acceptors (Lipinski definition) is 2. The van der Waals surface area contributed by atoms with Gasteiger partial charge in [0.1, 0.15) is 0 Å². The van der Waals surface area contributed by atoms with Crippen LogP contribution >= 0.6 is 0 Å². The SMILES string of the molecule is CC1Cc2ccccc2N1C(/C=C\c1ccccc1)CN. The maximum Gasteiger partial charge on any atom is 0.0602 e. The number of rotatable bonds is 4. The molecule has 0 aliphatic carbocycles. The Kier molecular flexibility index (Phi) is 4.07. The van der Waals surface area contributed by atoms with Crippen molar-refractivity contribution in [2.45, 2.75) is 25.4 Å². The number of nitrogens with two attached hydrogens (primary N) is 1. The highest BCUT2D eigenvalue weighted by Gasteiger charge is 2.29. The van der Waals surface area contributed by atoms with Crippen LogP contribution in [0.4, 0.5) is 5.69 Å². The number of para-hydroxylation sites is 1. The van der Waals surface area contributed by atoms with Crippen molar-refractivity contribution in [2.24, 2.45) is 5.73 Å². The van der Waals surface area contributed by atoms with Crippen molar-refractivity contribution in [3.63, 3.8) is 0 Å². The Hall–Kier alpha value is -2.06. The third-order valence-corrected chi connectivity index (χ3v) is 4.17. The van der Waals surface area contributed by atoms with Crippen molar-refractivity contribution in [1.29, 1.82) is 0 Å². The Morgan fingerprint density at radius 1 is 1.14 bits per heavy atom. The zero-order chi connectivity index (χ0) is 14.7. The van der Waals surface area contributed by atoms with Crippen molar-refractivity contribution in [3.05, 3.63) is 71.8 Å². The van der Waals surface area contributed by atoms with Crippen LogP contribution in [0.3, 0.4) is 0 Å². The highest BCUT2D eigenvalue weighted by atomic mass is 15.2. The lowest BCUT2D eigenvalue weighted by molar-refractivity contribution is 0.614. The molecule has 1 heterocycles. The molecule has 0 amide bonds. The number of fused-ring (bicyclic) bond motifs is 1. The zero-order valence-electron chi connectivity index (χ0n) is 12.4. The van der Waals surface area contributed by atoms with E-state index < -0.39 is 0 Å². The van der Waals surface area contributed by atoms with Gasteiger partial charge in [0.2, 0.25) is 0 Å². The summed E-state index contributed by atoms with van der Waals surface area (Å²) in [6, 6.07) is 19.8. The second-order valence-corrected chi connectivity index (χ2v) is 5.66. The molecule has 2 aromatic carbocycles. The minimum Gasteiger partial charge on any atom is -0.361 e. The van der Waals surface area contributed by atoms with Crippen LogP contribution in [0.2, 0.25) is 0 Å². The third-order valence-electron chi connectivity index (χ3n) is 4.17. The summed E-state index contributed by atoms with van der Waals surface area (Å²) in [6.07, 6.45) is 5.50. The molecule has 0 bridgehead atoms. The minimum atomic E-state index is 0.240. The van der Waals surface area contributed by atoms with Gasteiger partial charge in [-0.25, -0.2) is 0 Å². The second kappa shape index (κ2) is 6.15. The molecule has 2 nitrogen and oxygen atoms in total. The van der Waals surface area contributed by atoms with E-state index in [4.69, 9.17) is 5.73 Å². The first-order chi connectivity index (χ1) is 10.3. The maximum absolute atomic E-state index is 6.04. The fourth-order valence-corrected chi connectivity index (χ4v) is 3.17. The molecule has 21 heavy (non-hydrogen) atoms. The molecular formula is C19H22N2. The van der Waals surface area contributed by atoms with E-state index in [2.05, 4.69) is 72.5 Å². The zero-order valence-corrected chi connectivity index (χ0v) is 12.4. The molecule has 108 valence electrons. The number of benzene rings is 2. The van der Waals surface area contributed by atoms with Crippen LogP contribution in [0, 0.1) is 0 Å². The predicted molar refractivity (Wildman–Crippen MR) is 90.4 cm³/mol. The molecule has 0 radical (unpaired) electrons. The third kappa shape index (κ3) is 2.86. The number of nitrogens with zero attached hydrogens (tertiary/aromatic N) is 1. The van der Waals surface area contributed by atoms with Gasteiger partial charge in [-0.05, 0) is 30.5 Å². The van der Waals surface area contributed by atoms with E-state index in [9.17, 15) is 0 Å². The average Bonchev–Trinajstić information content (AvgIpc) is 2.86. The van der Waals surface area contributed by atoms with Gasteiger partial charge >= 0.3 is 0 Å². The van der Waals surface area contributed by atoms with Gasteiger partial charge in [0, 0.05) is 18.3 Å². The van der Waals surface area contributed by atoms with Crippen LogP contribution in [0.15, 0.2) is 60.7 Å². The van der Waals surface area contributed by atoms with Crippen LogP contribution in [-0.2, 0) is 6.42 Å². The van der Waals surface area contributed by atoms with Gasteiger partial charge in [-0.3, -0.25) is 0 Å². The summed E-state index contributed by atoms with van der Waals surface area (Å²) in [6.45, 7) is 2.90. The van der Waals surface area contributed by atoms with Gasteiger partial charge in [0.15, 0.2) is 0 Å². The highest BCUT2D eigenvalue weighted by molar-refractivity contribution is 5.62. The largest absolute Gasteiger partial charge is 0.361 e. The second-order valence-electron chi connectivity index (χ2n) is 5.66. The summed E-state index contributed by atoms with van der Waals surface area (Å²) in [5, 5.41) is 0. The molecule has 2 atom stereocenters. The van der Waals surface area contributed by atoms with E-state index in [1.807, 2.05) is 6.07 Å². The molecule has 0 aromatic heterocycles. The molecule has 0 fully saturated rings. The first-order valence-electron chi connectivity index (χ1n) is 7.59. The van der Waals surface area contributed by atoms with Gasteiger partial charge in [-0.2, -0.15) is 0 Å². The van der Waals surface area contributed by atoms with Crippen molar-refractivity contribution >= 4 is 11.8 Å². The fourth-order valence-electron chi connectivity index (χ4n) is 3.17. The molecule has 2 N–H and O–H groups in total. The molecular weight excluding hydrogens is 256 g/mol. The van der Waals surface area contributed by atoms with Crippen molar-refractivity contribution in [3.8, 4) is 0 Å². The molecule has 0 saturated carbocycles. The van der Waals surface area contributed by atoms with Crippen LogP contribution in [0.1, 0.15) is 18.1 Å². The number of hydrogen-bond donors (Lipinski definition) is 1. The van der Waals surface area contributed by atoms with E-state index in [1.165, 1.54) is 16.8 Å². The first kappa shape index (κ1) is 13.9. The topological polar surface area (TPSA) is 29.3 Å². The smallest absolute Gasteiger partial charge is 0.0602 e. The summed E-state index contributed by atoms with van der Waals surface area (Å²) in [7, 11) is 0. The van der Waals surface area contributed by atoms with Crippen LogP contribution in [-0.4, -0.2) is 18.6 Å². The van der Waals surface area contributed by atoms with E-state index in [0.717, 1.165) is 6.42 Å². The lowest BCUT2D eigenvalue weighted by Crippen LogP contribution is -2.42. The molecule has 2 aromatic rings. The summed E-state index contributed by atoms with van der Waals surface area (Å²) in [5.74, 6) is 0. The minimum absolute atomic E-state index is 0.240. The van der Waals surface area contributed by atoms with Gasteiger partial charge < -0.3 is 10.6 Å². The van der Waals surface area contributed by atoms with Gasteiger partial charge in [0.05, 0.1) is 6.04 Å². The van der Waals surface area contributed by atoms with Gasteiger partial charge in [0.25, 0.3) is 0 Å². The predicted octanol–water partition coefficient (Wildman–Crippen LogP) is 3.48. The van der Waals surface area contributed by atoms with Crippen molar-refractivity contribution < 1.29 is 0 Å². The normalized spacial score (nSPS) is 19.0. The molecule has 0 spiro atoms. The molecule has 3 rings (SSSR count). The Morgan fingerprint density at radius 3 is 2.62 bits per heavy atom. The number of anilines is 1. The Labute approximate surface area is 126 Å². The highest BCUT2D eigenvalue weighted by Crippen LogP contribution is 2.33. The van der Waals surface area contributed by atoms with Crippen molar-refractivity contribution in [2.75, 3.05) is 11.4 Å². The summed E-state index contributed by atoms with van der Waals surface area (Å²) in [4.78, 5) is 2.45. The summed E-state index contributed by atoms with van der Waals surface area (Å²) in [5.41, 5.74) is 10.0. The lowest BCUT2D eigenvalue weighted by Gasteiger charge is -2.31. The first-order valence-corrected chi connectivity index (χ1v) is 7.59. The summed E-state index contributed by atoms with van der Waals surface area (Å²) >= 11 is 0. The quantitative estimate of drug-likeness (QED) is 0.927. The van der Waals surface area contributed by atoms with Gasteiger partial charge in [-0.1, -0.05) is 60.7 Å². The molecule has 1 aliphatic heterocycles. The van der Waals surface area contributed by atoms with Crippen LogP contribution in [0.25, 0.3) is 6.08 Å². The molecule has 0 saturated heterocycles. The lowest BCUT2D eigenvalue weighted by atomic mass is 10.1. The standard InChI is InChI=1S/C19H22N2/c1-15-13-17-9-5-6-10-19(17)21(15)18(14-20)12-11-16-7-3-2-4-8-16/h2-12,15,18H,13-14,20H2,1H3/b12-11-. The Bertz CT molecular complexity index is 618. The molecule has 2 unspecified atom stereocenters.